The Hall–Kier alpha value is -2.40. The third-order valence-corrected chi connectivity index (χ3v) is 3.62. The van der Waals surface area contributed by atoms with E-state index in [1.807, 2.05) is 42.5 Å². The molecule has 0 radical (unpaired) electrons. The average Bonchev–Trinajstić information content (AvgIpc) is 2.79. The van der Waals surface area contributed by atoms with Gasteiger partial charge in [0.25, 0.3) is 11.1 Å². The summed E-state index contributed by atoms with van der Waals surface area (Å²) in [5, 5.41) is 1.90. The van der Waals surface area contributed by atoms with Crippen molar-refractivity contribution in [3.05, 3.63) is 59.1 Å². The number of benzene rings is 1. The van der Waals surface area contributed by atoms with Gasteiger partial charge in [0.1, 0.15) is 0 Å². The minimum Gasteiger partial charge on any atom is -0.282 e. The van der Waals surface area contributed by atoms with Gasteiger partial charge in [-0.05, 0) is 35.5 Å². The van der Waals surface area contributed by atoms with Crippen LogP contribution in [0.4, 0.5) is 4.79 Å². The zero-order valence-electron chi connectivity index (χ0n) is 10.4. The SMILES string of the molecule is O=C1NC(=O)/C(=C\c2ccc(-c3ccccn3)cc2)S1. The highest BCUT2D eigenvalue weighted by molar-refractivity contribution is 8.18. The van der Waals surface area contributed by atoms with Crippen molar-refractivity contribution in [3.63, 3.8) is 0 Å². The van der Waals surface area contributed by atoms with Crippen molar-refractivity contribution in [1.29, 1.82) is 0 Å². The number of amides is 2. The van der Waals surface area contributed by atoms with Gasteiger partial charge in [-0.3, -0.25) is 19.9 Å². The Balaban J connectivity index is 1.86. The molecule has 0 aliphatic carbocycles. The molecule has 2 amide bonds. The summed E-state index contributed by atoms with van der Waals surface area (Å²) in [6.07, 6.45) is 3.45. The molecule has 20 heavy (non-hydrogen) atoms. The lowest BCUT2D eigenvalue weighted by atomic mass is 10.1. The summed E-state index contributed by atoms with van der Waals surface area (Å²) in [6.45, 7) is 0. The molecule has 1 aliphatic heterocycles. The highest BCUT2D eigenvalue weighted by atomic mass is 32.2. The molecule has 1 fully saturated rings. The number of hydrogen-bond acceptors (Lipinski definition) is 4. The number of carbonyl (C=O) groups is 2. The zero-order valence-corrected chi connectivity index (χ0v) is 11.2. The third kappa shape index (κ3) is 2.62. The van der Waals surface area contributed by atoms with Crippen LogP contribution in [-0.2, 0) is 4.79 Å². The van der Waals surface area contributed by atoms with Gasteiger partial charge in [0.05, 0.1) is 10.6 Å². The number of hydrogen-bond donors (Lipinski definition) is 1. The maximum absolute atomic E-state index is 11.4. The first-order valence-electron chi connectivity index (χ1n) is 5.99. The maximum atomic E-state index is 11.4. The van der Waals surface area contributed by atoms with Crippen LogP contribution in [0.1, 0.15) is 5.56 Å². The van der Waals surface area contributed by atoms with Gasteiger partial charge < -0.3 is 0 Å². The number of imide groups is 1. The van der Waals surface area contributed by atoms with Gasteiger partial charge in [0.15, 0.2) is 0 Å². The monoisotopic (exact) mass is 282 g/mol. The molecule has 3 rings (SSSR count). The van der Waals surface area contributed by atoms with Crippen LogP contribution in [0.3, 0.4) is 0 Å². The molecule has 1 aromatic carbocycles. The number of aromatic nitrogens is 1. The largest absolute Gasteiger partial charge is 0.290 e. The van der Waals surface area contributed by atoms with Crippen LogP contribution >= 0.6 is 11.8 Å². The summed E-state index contributed by atoms with van der Waals surface area (Å²) in [5.41, 5.74) is 2.78. The summed E-state index contributed by atoms with van der Waals surface area (Å²) >= 11 is 0.918. The summed E-state index contributed by atoms with van der Waals surface area (Å²) in [7, 11) is 0. The fourth-order valence-corrected chi connectivity index (χ4v) is 2.54. The molecule has 0 bridgehead atoms. The average molecular weight is 282 g/mol. The van der Waals surface area contributed by atoms with Crippen LogP contribution in [0, 0.1) is 0 Å². The number of pyridine rings is 1. The topological polar surface area (TPSA) is 59.1 Å². The molecule has 2 heterocycles. The molecule has 4 nitrogen and oxygen atoms in total. The first-order chi connectivity index (χ1) is 9.72. The van der Waals surface area contributed by atoms with E-state index in [0.717, 1.165) is 28.6 Å². The Labute approximate surface area is 119 Å². The second kappa shape index (κ2) is 5.30. The summed E-state index contributed by atoms with van der Waals surface area (Å²) in [4.78, 5) is 27.2. The lowest BCUT2D eigenvalue weighted by molar-refractivity contribution is -0.115. The second-order valence-corrected chi connectivity index (χ2v) is 5.20. The Morgan fingerprint density at radius 1 is 1.05 bits per heavy atom. The van der Waals surface area contributed by atoms with Gasteiger partial charge in [0, 0.05) is 11.8 Å². The Morgan fingerprint density at radius 3 is 2.45 bits per heavy atom. The van der Waals surface area contributed by atoms with E-state index >= 15 is 0 Å². The summed E-state index contributed by atoms with van der Waals surface area (Å²) < 4.78 is 0. The van der Waals surface area contributed by atoms with Crippen molar-refractivity contribution in [2.24, 2.45) is 0 Å². The summed E-state index contributed by atoms with van der Waals surface area (Å²) in [6, 6.07) is 13.4. The van der Waals surface area contributed by atoms with Crippen LogP contribution in [0.5, 0.6) is 0 Å². The molecule has 1 saturated heterocycles. The van der Waals surface area contributed by atoms with Crippen LogP contribution in [0.2, 0.25) is 0 Å². The Kier molecular flexibility index (Phi) is 3.35. The smallest absolute Gasteiger partial charge is 0.282 e. The second-order valence-electron chi connectivity index (χ2n) is 4.19. The fraction of sp³-hybridized carbons (Fsp3) is 0. The number of nitrogens with zero attached hydrogens (tertiary/aromatic N) is 1. The van der Waals surface area contributed by atoms with Crippen LogP contribution in [0.15, 0.2) is 53.6 Å². The van der Waals surface area contributed by atoms with E-state index in [1.54, 1.807) is 12.3 Å². The molecule has 98 valence electrons. The molecule has 0 atom stereocenters. The van der Waals surface area contributed by atoms with Crippen molar-refractivity contribution < 1.29 is 9.59 Å². The lowest BCUT2D eigenvalue weighted by Crippen LogP contribution is -2.17. The van der Waals surface area contributed by atoms with Crippen LogP contribution < -0.4 is 5.32 Å². The molecular weight excluding hydrogens is 272 g/mol. The van der Waals surface area contributed by atoms with Crippen molar-refractivity contribution in [3.8, 4) is 11.3 Å². The molecular formula is C15H10N2O2S. The van der Waals surface area contributed by atoms with Crippen LogP contribution in [-0.4, -0.2) is 16.1 Å². The van der Waals surface area contributed by atoms with Crippen molar-refractivity contribution >= 4 is 29.0 Å². The van der Waals surface area contributed by atoms with E-state index in [4.69, 9.17) is 0 Å². The lowest BCUT2D eigenvalue weighted by Gasteiger charge is -2.01. The van der Waals surface area contributed by atoms with Gasteiger partial charge in [-0.15, -0.1) is 0 Å². The van der Waals surface area contributed by atoms with Gasteiger partial charge >= 0.3 is 0 Å². The summed E-state index contributed by atoms with van der Waals surface area (Å²) in [5.74, 6) is -0.339. The number of carbonyl (C=O) groups excluding carboxylic acids is 2. The molecule has 1 aromatic heterocycles. The van der Waals surface area contributed by atoms with Crippen molar-refractivity contribution in [1.82, 2.24) is 10.3 Å². The van der Waals surface area contributed by atoms with Gasteiger partial charge in [0.2, 0.25) is 0 Å². The number of thioether (sulfide) groups is 1. The maximum Gasteiger partial charge on any atom is 0.290 e. The van der Waals surface area contributed by atoms with E-state index in [0.29, 0.717) is 4.91 Å². The molecule has 1 aliphatic rings. The quantitative estimate of drug-likeness (QED) is 0.860. The van der Waals surface area contributed by atoms with Crippen LogP contribution in [0.25, 0.3) is 17.3 Å². The Morgan fingerprint density at radius 2 is 1.85 bits per heavy atom. The van der Waals surface area contributed by atoms with Gasteiger partial charge in [-0.25, -0.2) is 0 Å². The molecule has 0 unspecified atom stereocenters. The molecule has 1 N–H and O–H groups in total. The zero-order chi connectivity index (χ0) is 13.9. The standard InChI is InChI=1S/C15H10N2O2S/c18-14-13(20-15(19)17-14)9-10-4-6-11(7-5-10)12-3-1-2-8-16-12/h1-9H,(H,17,18,19)/b13-9+. The molecule has 0 saturated carbocycles. The van der Waals surface area contributed by atoms with Gasteiger partial charge in [-0.1, -0.05) is 30.3 Å². The van der Waals surface area contributed by atoms with E-state index in [9.17, 15) is 9.59 Å². The first-order valence-corrected chi connectivity index (χ1v) is 6.80. The van der Waals surface area contributed by atoms with Crippen molar-refractivity contribution in [2.75, 3.05) is 0 Å². The minimum absolute atomic E-state index is 0.327. The molecule has 0 spiro atoms. The minimum atomic E-state index is -0.339. The van der Waals surface area contributed by atoms with E-state index in [1.165, 1.54) is 0 Å². The van der Waals surface area contributed by atoms with E-state index in [2.05, 4.69) is 10.3 Å². The number of rotatable bonds is 2. The normalized spacial score (nSPS) is 16.5. The predicted molar refractivity (Wildman–Crippen MR) is 78.8 cm³/mol. The number of nitrogens with one attached hydrogen (secondary N) is 1. The van der Waals surface area contributed by atoms with E-state index in [-0.39, 0.29) is 11.1 Å². The highest BCUT2D eigenvalue weighted by Gasteiger charge is 2.24. The molecule has 2 aromatic rings. The Bertz CT molecular complexity index is 694. The highest BCUT2D eigenvalue weighted by Crippen LogP contribution is 2.26. The van der Waals surface area contributed by atoms with Gasteiger partial charge in [-0.2, -0.15) is 0 Å². The third-order valence-electron chi connectivity index (χ3n) is 2.81. The fourth-order valence-electron chi connectivity index (χ4n) is 1.86. The van der Waals surface area contributed by atoms with E-state index < -0.39 is 0 Å². The van der Waals surface area contributed by atoms with Crippen molar-refractivity contribution in [2.45, 2.75) is 0 Å². The molecule has 5 heteroatoms. The first kappa shape index (κ1) is 12.6. The predicted octanol–water partition coefficient (Wildman–Crippen LogP) is 3.07.